The molecule has 2 aromatic rings. The Morgan fingerprint density at radius 2 is 1.43 bits per heavy atom. The third-order valence-electron chi connectivity index (χ3n) is 10.8. The average molecular weight is 576 g/mol. The molecule has 5 aliphatic rings. The number of likely N-dealkylation sites (tertiary alicyclic amines) is 1. The van der Waals surface area contributed by atoms with Gasteiger partial charge in [0.15, 0.2) is 5.82 Å². The lowest BCUT2D eigenvalue weighted by Gasteiger charge is -2.45. The number of carbonyl (C=O) groups is 1. The first kappa shape index (κ1) is 28.2. The molecule has 4 aliphatic heterocycles. The minimum Gasteiger partial charge on any atom is -0.444 e. The molecule has 1 aromatic carbocycles. The van der Waals surface area contributed by atoms with Crippen molar-refractivity contribution in [1.82, 2.24) is 19.4 Å². The number of carbonyl (C=O) groups excluding carboxylic acids is 1. The molecular formula is C34H49N5O3. The third-order valence-corrected chi connectivity index (χ3v) is 10.8. The standard InChI is InChI=1S/C34H49N5O3/c1-34(2,3)42-33(41)37-21-23-19-36(20-24(23)22-37)31-32(40)39(30-14-10-9-13-29(30)35-31)28-17-26-15-16-27(18-28)38(26)25-11-7-5-4-6-8-12-25/h9-10,13-14,23-28H,4-8,11-12,15-22H2,1-3H3. The maximum absolute atomic E-state index is 14.4. The molecule has 42 heavy (non-hydrogen) atoms. The Bertz CT molecular complexity index is 1330. The van der Waals surface area contributed by atoms with Crippen molar-refractivity contribution in [2.75, 3.05) is 31.1 Å². The van der Waals surface area contributed by atoms with Gasteiger partial charge in [-0.15, -0.1) is 0 Å². The Hall–Kier alpha value is -2.61. The lowest BCUT2D eigenvalue weighted by molar-refractivity contribution is 0.0282. The highest BCUT2D eigenvalue weighted by molar-refractivity contribution is 5.76. The number of nitrogens with zero attached hydrogens (tertiary/aromatic N) is 5. The van der Waals surface area contributed by atoms with E-state index in [1.165, 1.54) is 57.8 Å². The van der Waals surface area contributed by atoms with E-state index < -0.39 is 5.60 Å². The SMILES string of the molecule is CC(C)(C)OC(=O)N1CC2CN(c3nc4ccccc4n(C4CC5CCC(C4)N5C4CCCCCCC4)c3=O)CC2C1. The average Bonchev–Trinajstić information content (AvgIpc) is 3.57. The molecule has 4 atom stereocenters. The Morgan fingerprint density at radius 3 is 2.07 bits per heavy atom. The summed E-state index contributed by atoms with van der Waals surface area (Å²) in [5.74, 6) is 1.27. The summed E-state index contributed by atoms with van der Waals surface area (Å²) in [6, 6.07) is 10.4. The number of amides is 1. The van der Waals surface area contributed by atoms with Gasteiger partial charge in [0, 0.05) is 62.2 Å². The monoisotopic (exact) mass is 575 g/mol. The lowest BCUT2D eigenvalue weighted by atomic mass is 9.89. The molecule has 0 spiro atoms. The van der Waals surface area contributed by atoms with Crippen LogP contribution in [0.1, 0.15) is 97.4 Å². The van der Waals surface area contributed by atoms with Crippen LogP contribution in [0.25, 0.3) is 11.0 Å². The molecule has 0 N–H and O–H groups in total. The van der Waals surface area contributed by atoms with Crippen molar-refractivity contribution in [3.8, 4) is 0 Å². The highest BCUT2D eigenvalue weighted by Crippen LogP contribution is 2.44. The first-order valence-corrected chi connectivity index (χ1v) is 16.8. The van der Waals surface area contributed by atoms with Crippen LogP contribution < -0.4 is 10.5 Å². The molecule has 5 heterocycles. The molecule has 4 saturated heterocycles. The Morgan fingerprint density at radius 1 is 0.810 bits per heavy atom. The predicted octanol–water partition coefficient (Wildman–Crippen LogP) is 5.98. The fourth-order valence-corrected chi connectivity index (χ4v) is 9.08. The topological polar surface area (TPSA) is 70.9 Å². The van der Waals surface area contributed by atoms with E-state index in [4.69, 9.17) is 9.72 Å². The summed E-state index contributed by atoms with van der Waals surface area (Å²) in [4.78, 5) is 39.0. The van der Waals surface area contributed by atoms with Gasteiger partial charge in [-0.2, -0.15) is 0 Å². The molecule has 1 aliphatic carbocycles. The van der Waals surface area contributed by atoms with Crippen LogP contribution in [0.3, 0.4) is 0 Å². The van der Waals surface area contributed by atoms with Gasteiger partial charge in [-0.1, -0.05) is 44.2 Å². The summed E-state index contributed by atoms with van der Waals surface area (Å²) in [7, 11) is 0. The summed E-state index contributed by atoms with van der Waals surface area (Å²) in [5, 5.41) is 0. The number of anilines is 1. The number of aromatic nitrogens is 2. The lowest BCUT2D eigenvalue weighted by Crippen LogP contribution is -2.50. The Balaban J connectivity index is 1.12. The van der Waals surface area contributed by atoms with Crippen LogP contribution in [0.4, 0.5) is 10.6 Å². The second kappa shape index (κ2) is 11.1. The van der Waals surface area contributed by atoms with Crippen LogP contribution >= 0.6 is 0 Å². The fourth-order valence-electron chi connectivity index (χ4n) is 9.08. The van der Waals surface area contributed by atoms with Gasteiger partial charge in [-0.3, -0.25) is 9.69 Å². The molecular weight excluding hydrogens is 526 g/mol. The van der Waals surface area contributed by atoms with Crippen molar-refractivity contribution in [1.29, 1.82) is 0 Å². The van der Waals surface area contributed by atoms with Gasteiger partial charge in [0.2, 0.25) is 0 Å². The molecule has 2 bridgehead atoms. The summed E-state index contributed by atoms with van der Waals surface area (Å²) >= 11 is 0. The Labute approximate surface area is 250 Å². The molecule has 228 valence electrons. The first-order chi connectivity index (χ1) is 20.2. The van der Waals surface area contributed by atoms with Crippen molar-refractivity contribution >= 4 is 22.9 Å². The highest BCUT2D eigenvalue weighted by atomic mass is 16.6. The van der Waals surface area contributed by atoms with E-state index in [9.17, 15) is 9.59 Å². The fraction of sp³-hybridized carbons (Fsp3) is 0.735. The molecule has 1 saturated carbocycles. The van der Waals surface area contributed by atoms with Gasteiger partial charge in [0.05, 0.1) is 11.0 Å². The van der Waals surface area contributed by atoms with E-state index in [1.807, 2.05) is 37.8 Å². The van der Waals surface area contributed by atoms with Crippen molar-refractivity contribution < 1.29 is 9.53 Å². The summed E-state index contributed by atoms with van der Waals surface area (Å²) in [6.45, 7) is 8.61. The zero-order valence-electron chi connectivity index (χ0n) is 25.8. The summed E-state index contributed by atoms with van der Waals surface area (Å²) in [6.07, 6.45) is 14.1. The predicted molar refractivity (Wildman–Crippen MR) is 166 cm³/mol. The molecule has 0 radical (unpaired) electrons. The molecule has 7 rings (SSSR count). The van der Waals surface area contributed by atoms with Crippen LogP contribution in [-0.4, -0.2) is 75.3 Å². The number of benzene rings is 1. The first-order valence-electron chi connectivity index (χ1n) is 16.8. The molecule has 5 fully saturated rings. The van der Waals surface area contributed by atoms with E-state index in [0.717, 1.165) is 43.0 Å². The van der Waals surface area contributed by atoms with Crippen LogP contribution in [-0.2, 0) is 4.74 Å². The van der Waals surface area contributed by atoms with Crippen molar-refractivity contribution in [2.45, 2.75) is 121 Å². The van der Waals surface area contributed by atoms with Gasteiger partial charge < -0.3 is 19.1 Å². The second-order valence-electron chi connectivity index (χ2n) is 14.9. The number of rotatable bonds is 3. The summed E-state index contributed by atoms with van der Waals surface area (Å²) < 4.78 is 7.77. The molecule has 8 heteroatoms. The van der Waals surface area contributed by atoms with Crippen molar-refractivity contribution in [3.05, 3.63) is 34.6 Å². The molecule has 8 nitrogen and oxygen atoms in total. The summed E-state index contributed by atoms with van der Waals surface area (Å²) in [5.41, 5.74) is 1.47. The number of piperidine rings is 1. The van der Waals surface area contributed by atoms with E-state index in [2.05, 4.69) is 26.5 Å². The zero-order valence-corrected chi connectivity index (χ0v) is 25.8. The van der Waals surface area contributed by atoms with E-state index in [-0.39, 0.29) is 17.7 Å². The third kappa shape index (κ3) is 5.33. The van der Waals surface area contributed by atoms with Gasteiger partial charge >= 0.3 is 6.09 Å². The maximum atomic E-state index is 14.4. The van der Waals surface area contributed by atoms with Crippen molar-refractivity contribution in [3.63, 3.8) is 0 Å². The van der Waals surface area contributed by atoms with Gasteiger partial charge in [0.25, 0.3) is 5.56 Å². The Kier molecular flexibility index (Phi) is 7.48. The maximum Gasteiger partial charge on any atom is 0.410 e. The van der Waals surface area contributed by atoms with Gasteiger partial charge in [-0.05, 0) is 71.4 Å². The second-order valence-corrected chi connectivity index (χ2v) is 14.9. The number of hydrogen-bond acceptors (Lipinski definition) is 6. The molecule has 1 aromatic heterocycles. The number of fused-ring (bicyclic) bond motifs is 4. The van der Waals surface area contributed by atoms with Crippen LogP contribution in [0.15, 0.2) is 29.1 Å². The smallest absolute Gasteiger partial charge is 0.410 e. The normalized spacial score (nSPS) is 30.9. The van der Waals surface area contributed by atoms with E-state index >= 15 is 0 Å². The zero-order chi connectivity index (χ0) is 29.0. The molecule has 4 unspecified atom stereocenters. The number of hydrogen-bond donors (Lipinski definition) is 0. The minimum atomic E-state index is -0.494. The van der Waals surface area contributed by atoms with E-state index in [0.29, 0.717) is 42.8 Å². The largest absolute Gasteiger partial charge is 0.444 e. The van der Waals surface area contributed by atoms with Gasteiger partial charge in [0.1, 0.15) is 5.60 Å². The minimum absolute atomic E-state index is 0.0708. The van der Waals surface area contributed by atoms with Crippen LogP contribution in [0, 0.1) is 11.8 Å². The number of para-hydroxylation sites is 2. The van der Waals surface area contributed by atoms with Crippen LogP contribution in [0.5, 0.6) is 0 Å². The van der Waals surface area contributed by atoms with E-state index in [1.54, 1.807) is 0 Å². The van der Waals surface area contributed by atoms with Crippen LogP contribution in [0.2, 0.25) is 0 Å². The highest BCUT2D eigenvalue weighted by Gasteiger charge is 2.46. The van der Waals surface area contributed by atoms with Gasteiger partial charge in [-0.25, -0.2) is 9.78 Å². The van der Waals surface area contributed by atoms with Crippen molar-refractivity contribution in [2.24, 2.45) is 11.8 Å². The number of ether oxygens (including phenoxy) is 1. The molecule has 1 amide bonds. The quantitative estimate of drug-likeness (QED) is 0.449.